The van der Waals surface area contributed by atoms with E-state index in [2.05, 4.69) is 22.2 Å². The Kier molecular flexibility index (Phi) is 9.30. The molecule has 1 aromatic heterocycles. The van der Waals surface area contributed by atoms with E-state index in [9.17, 15) is 24.3 Å². The van der Waals surface area contributed by atoms with Gasteiger partial charge in [-0.1, -0.05) is 36.9 Å². The summed E-state index contributed by atoms with van der Waals surface area (Å²) in [5.41, 5.74) is -1.61. The van der Waals surface area contributed by atoms with Crippen molar-refractivity contribution in [1.29, 1.82) is 0 Å². The lowest BCUT2D eigenvalue weighted by atomic mass is 9.83. The van der Waals surface area contributed by atoms with Crippen LogP contribution in [0.15, 0.2) is 43.1 Å². The molecule has 1 saturated heterocycles. The molecule has 2 heterocycles. The minimum atomic E-state index is -1.47. The summed E-state index contributed by atoms with van der Waals surface area (Å²) < 4.78 is 11.9. The molecule has 3 unspecified atom stereocenters. The number of hydrogen-bond donors (Lipinski definition) is 3. The van der Waals surface area contributed by atoms with E-state index in [4.69, 9.17) is 21.1 Å². The van der Waals surface area contributed by atoms with Crippen molar-refractivity contribution in [2.75, 3.05) is 6.54 Å². The van der Waals surface area contributed by atoms with Gasteiger partial charge in [-0.2, -0.15) is 0 Å². The van der Waals surface area contributed by atoms with E-state index in [1.807, 2.05) is 0 Å². The Hall–Kier alpha value is -3.86. The van der Waals surface area contributed by atoms with Crippen molar-refractivity contribution in [3.63, 3.8) is 0 Å². The summed E-state index contributed by atoms with van der Waals surface area (Å²) in [4.78, 5) is 59.2. The van der Waals surface area contributed by atoms with Crippen molar-refractivity contribution >= 4 is 46.4 Å². The number of benzene rings is 1. The zero-order valence-corrected chi connectivity index (χ0v) is 26.6. The number of aromatic nitrogens is 1. The highest BCUT2D eigenvalue weighted by atomic mass is 35.5. The third-order valence-electron chi connectivity index (χ3n) is 8.89. The quantitative estimate of drug-likeness (QED) is 0.330. The largest absolute Gasteiger partial charge is 0.488 e. The maximum Gasteiger partial charge on any atom is 0.408 e. The number of hydrogen-bond acceptors (Lipinski definition) is 7. The monoisotopic (exact) mass is 640 g/mol. The normalized spacial score (nSPS) is 25.7. The number of nitrogens with zero attached hydrogens (tertiary/aromatic N) is 2. The van der Waals surface area contributed by atoms with Crippen molar-refractivity contribution in [3.8, 4) is 5.75 Å². The first-order valence-corrected chi connectivity index (χ1v) is 15.9. The highest BCUT2D eigenvalue weighted by molar-refractivity contribution is 6.31. The Labute approximate surface area is 267 Å². The second-order valence-corrected chi connectivity index (χ2v) is 13.7. The number of carboxylic acids is 1. The average molecular weight is 641 g/mol. The van der Waals surface area contributed by atoms with Crippen molar-refractivity contribution in [2.45, 2.75) is 95.0 Å². The number of carbonyl (C=O) groups is 4. The number of carboxylic acid groups (broad SMARTS) is 1. The number of pyridine rings is 1. The van der Waals surface area contributed by atoms with Crippen LogP contribution in [0.4, 0.5) is 4.79 Å². The summed E-state index contributed by atoms with van der Waals surface area (Å²) in [5, 5.41) is 16.7. The summed E-state index contributed by atoms with van der Waals surface area (Å²) in [5.74, 6) is -2.22. The molecule has 3 amide bonds. The summed E-state index contributed by atoms with van der Waals surface area (Å²) in [7, 11) is 0. The van der Waals surface area contributed by atoms with Gasteiger partial charge in [-0.15, -0.1) is 6.58 Å². The molecule has 1 aromatic carbocycles. The van der Waals surface area contributed by atoms with Gasteiger partial charge in [0.1, 0.15) is 35.1 Å². The number of ether oxygens (including phenoxy) is 2. The van der Waals surface area contributed by atoms with Crippen LogP contribution < -0.4 is 15.4 Å². The van der Waals surface area contributed by atoms with Gasteiger partial charge in [-0.25, -0.2) is 9.59 Å². The number of likely N-dealkylation sites (tertiary alicyclic amines) is 1. The number of amides is 3. The van der Waals surface area contributed by atoms with Crippen LogP contribution >= 0.6 is 11.6 Å². The van der Waals surface area contributed by atoms with E-state index < -0.39 is 59.1 Å². The van der Waals surface area contributed by atoms with E-state index in [1.165, 1.54) is 11.0 Å². The molecule has 12 heteroatoms. The number of rotatable bonds is 9. The predicted molar refractivity (Wildman–Crippen MR) is 168 cm³/mol. The molecule has 5 rings (SSSR count). The fourth-order valence-corrected chi connectivity index (χ4v) is 6.70. The first-order chi connectivity index (χ1) is 21.3. The summed E-state index contributed by atoms with van der Waals surface area (Å²) >= 11 is 6.16. The Morgan fingerprint density at radius 2 is 1.91 bits per heavy atom. The highest BCUT2D eigenvalue weighted by Crippen LogP contribution is 2.45. The number of aliphatic carboxylic acids is 1. The minimum Gasteiger partial charge on any atom is -0.488 e. The van der Waals surface area contributed by atoms with E-state index in [0.29, 0.717) is 16.3 Å². The van der Waals surface area contributed by atoms with Crippen LogP contribution in [0.2, 0.25) is 5.02 Å². The molecule has 0 radical (unpaired) electrons. The summed E-state index contributed by atoms with van der Waals surface area (Å²) in [6, 6.07) is 5.01. The molecule has 0 bridgehead atoms. The van der Waals surface area contributed by atoms with E-state index in [1.54, 1.807) is 51.2 Å². The van der Waals surface area contributed by atoms with Crippen LogP contribution in [0.25, 0.3) is 10.9 Å². The van der Waals surface area contributed by atoms with Gasteiger partial charge in [-0.05, 0) is 70.2 Å². The third-order valence-corrected chi connectivity index (χ3v) is 9.13. The topological polar surface area (TPSA) is 147 Å². The Bertz CT molecular complexity index is 1490. The van der Waals surface area contributed by atoms with Gasteiger partial charge in [0.15, 0.2) is 0 Å². The highest BCUT2D eigenvalue weighted by Gasteiger charge is 2.61. The van der Waals surface area contributed by atoms with Crippen molar-refractivity contribution in [2.24, 2.45) is 11.8 Å². The van der Waals surface area contributed by atoms with Crippen molar-refractivity contribution in [3.05, 3.63) is 48.1 Å². The lowest BCUT2D eigenvalue weighted by Crippen LogP contribution is -2.58. The fourth-order valence-electron chi connectivity index (χ4n) is 6.53. The standard InChI is InChI=1S/C33H41ClN4O7/c1-5-20-17-33(20,30(41)42)37-28(39)25-16-22(44-26-13-14-35-24-15-21(34)11-12-23(24)26)18-38(25)29(40)27(19-9-7-6-8-10-19)36-31(43)45-32(2,3)4/h5,11-15,19-20,22,25,27H,1,6-10,16-18H2,2-4H3,(H,36,43)(H,37,39)(H,41,42)/t20?,22?,25-,27-,33?/m0/s1. The lowest BCUT2D eigenvalue weighted by molar-refractivity contribution is -0.146. The molecule has 242 valence electrons. The summed E-state index contributed by atoms with van der Waals surface area (Å²) in [6.45, 7) is 8.99. The molecule has 11 nitrogen and oxygen atoms in total. The molecular weight excluding hydrogens is 600 g/mol. The van der Waals surface area contributed by atoms with Gasteiger partial charge in [0.05, 0.1) is 12.1 Å². The smallest absolute Gasteiger partial charge is 0.408 e. The lowest BCUT2D eigenvalue weighted by Gasteiger charge is -2.35. The van der Waals surface area contributed by atoms with Gasteiger partial charge in [0.25, 0.3) is 0 Å². The van der Waals surface area contributed by atoms with Gasteiger partial charge < -0.3 is 30.1 Å². The second kappa shape index (κ2) is 12.9. The maximum absolute atomic E-state index is 14.4. The number of halogens is 1. The molecule has 3 aliphatic rings. The van der Waals surface area contributed by atoms with Crippen LogP contribution in [0, 0.1) is 11.8 Å². The molecule has 1 aliphatic heterocycles. The molecular formula is C33H41ClN4O7. The fraction of sp³-hybridized carbons (Fsp3) is 0.545. The van der Waals surface area contributed by atoms with Crippen LogP contribution in [0.5, 0.6) is 5.75 Å². The molecule has 2 aliphatic carbocycles. The summed E-state index contributed by atoms with van der Waals surface area (Å²) in [6.07, 6.45) is 6.50. The van der Waals surface area contributed by atoms with Crippen molar-refractivity contribution < 1.29 is 33.8 Å². The Morgan fingerprint density at radius 1 is 1.18 bits per heavy atom. The van der Waals surface area contributed by atoms with Crippen LogP contribution in [-0.2, 0) is 19.1 Å². The second-order valence-electron chi connectivity index (χ2n) is 13.3. The van der Waals surface area contributed by atoms with E-state index in [0.717, 1.165) is 37.5 Å². The first-order valence-electron chi connectivity index (χ1n) is 15.5. The molecule has 3 fully saturated rings. The Balaban J connectivity index is 1.44. The van der Waals surface area contributed by atoms with Gasteiger partial charge in [0, 0.05) is 28.9 Å². The predicted octanol–water partition coefficient (Wildman–Crippen LogP) is 4.86. The van der Waals surface area contributed by atoms with Crippen molar-refractivity contribution in [1.82, 2.24) is 20.5 Å². The Morgan fingerprint density at radius 3 is 2.56 bits per heavy atom. The molecule has 2 saturated carbocycles. The number of nitrogens with one attached hydrogen (secondary N) is 2. The molecule has 0 spiro atoms. The number of alkyl carbamates (subject to hydrolysis) is 1. The van der Waals surface area contributed by atoms with E-state index in [-0.39, 0.29) is 25.3 Å². The molecule has 3 N–H and O–H groups in total. The van der Waals surface area contributed by atoms with Gasteiger partial charge in [-0.3, -0.25) is 14.6 Å². The van der Waals surface area contributed by atoms with Crippen LogP contribution in [-0.4, -0.2) is 74.7 Å². The maximum atomic E-state index is 14.4. The van der Waals surface area contributed by atoms with Gasteiger partial charge >= 0.3 is 12.1 Å². The van der Waals surface area contributed by atoms with E-state index >= 15 is 0 Å². The molecule has 45 heavy (non-hydrogen) atoms. The average Bonchev–Trinajstić information content (AvgIpc) is 3.55. The molecule has 2 aromatic rings. The third kappa shape index (κ3) is 7.19. The molecule has 5 atom stereocenters. The van der Waals surface area contributed by atoms with Crippen LogP contribution in [0.1, 0.15) is 65.7 Å². The first kappa shape index (κ1) is 32.5. The van der Waals surface area contributed by atoms with Gasteiger partial charge in [0.2, 0.25) is 11.8 Å². The minimum absolute atomic E-state index is 0.0541. The number of carbonyl (C=O) groups excluding carboxylic acids is 3. The van der Waals surface area contributed by atoms with Crippen LogP contribution in [0.3, 0.4) is 0 Å². The zero-order chi connectivity index (χ0) is 32.5. The zero-order valence-electron chi connectivity index (χ0n) is 25.9. The number of fused-ring (bicyclic) bond motifs is 1. The SMILES string of the molecule is C=CC1CC1(NC(=O)[C@@H]1CC(Oc2ccnc3cc(Cl)ccc23)CN1C(=O)[C@@H](NC(=O)OC(C)(C)C)C1CCCCC1)C(=O)O.